The second kappa shape index (κ2) is 6.66. The van der Waals surface area contributed by atoms with E-state index in [9.17, 15) is 9.18 Å². The molecule has 1 aliphatic rings. The Hall–Kier alpha value is -1.42. The molecule has 1 aromatic rings. The monoisotopic (exact) mass is 265 g/mol. The second-order valence-electron chi connectivity index (χ2n) is 4.90. The summed E-state index contributed by atoms with van der Waals surface area (Å²) >= 11 is 0. The minimum absolute atomic E-state index is 0.0413. The van der Waals surface area contributed by atoms with Crippen LogP contribution in [0.5, 0.6) is 0 Å². The van der Waals surface area contributed by atoms with E-state index in [1.807, 2.05) is 6.92 Å². The lowest BCUT2D eigenvalue weighted by Crippen LogP contribution is -2.36. The quantitative estimate of drug-likeness (QED) is 0.832. The zero-order valence-electron chi connectivity index (χ0n) is 11.2. The van der Waals surface area contributed by atoms with Gasteiger partial charge in [0.05, 0.1) is 12.5 Å². The Morgan fingerprint density at radius 2 is 2.11 bits per heavy atom. The summed E-state index contributed by atoms with van der Waals surface area (Å²) in [7, 11) is 0. The first-order chi connectivity index (χ1) is 9.20. The zero-order valence-corrected chi connectivity index (χ0v) is 11.2. The average molecular weight is 265 g/mol. The zero-order chi connectivity index (χ0) is 13.7. The minimum Gasteiger partial charge on any atom is -0.466 e. The standard InChI is InChI=1S/C15H20FNO2/c1-2-19-15(18)13-4-3-5-14(13)17-10-11-6-8-12(16)9-7-11/h6-9,13-14,17H,2-5,10H2,1H3/t13-,14+/m0/s1. The molecule has 0 saturated heterocycles. The third kappa shape index (κ3) is 3.77. The molecule has 2 atom stereocenters. The summed E-state index contributed by atoms with van der Waals surface area (Å²) in [6.45, 7) is 2.91. The van der Waals surface area contributed by atoms with Crippen LogP contribution in [0.25, 0.3) is 0 Å². The van der Waals surface area contributed by atoms with Crippen LogP contribution in [-0.4, -0.2) is 18.6 Å². The lowest BCUT2D eigenvalue weighted by molar-refractivity contribution is -0.148. The summed E-state index contributed by atoms with van der Waals surface area (Å²) in [4.78, 5) is 11.8. The van der Waals surface area contributed by atoms with Crippen molar-refractivity contribution in [1.82, 2.24) is 5.32 Å². The fourth-order valence-corrected chi connectivity index (χ4v) is 2.59. The first kappa shape index (κ1) is 14.0. The lowest BCUT2D eigenvalue weighted by Gasteiger charge is -2.19. The Bertz CT molecular complexity index is 419. The maximum absolute atomic E-state index is 12.8. The maximum Gasteiger partial charge on any atom is 0.310 e. The Kier molecular flexibility index (Phi) is 4.91. The van der Waals surface area contributed by atoms with Gasteiger partial charge >= 0.3 is 5.97 Å². The summed E-state index contributed by atoms with van der Waals surface area (Å²) in [6, 6.07) is 6.60. The number of hydrogen-bond acceptors (Lipinski definition) is 3. The van der Waals surface area contributed by atoms with Gasteiger partial charge < -0.3 is 10.1 Å². The van der Waals surface area contributed by atoms with E-state index in [2.05, 4.69) is 5.32 Å². The van der Waals surface area contributed by atoms with Crippen molar-refractivity contribution in [1.29, 1.82) is 0 Å². The van der Waals surface area contributed by atoms with Crippen molar-refractivity contribution in [2.45, 2.75) is 38.8 Å². The Morgan fingerprint density at radius 3 is 2.79 bits per heavy atom. The van der Waals surface area contributed by atoms with E-state index in [1.165, 1.54) is 12.1 Å². The van der Waals surface area contributed by atoms with Gasteiger partial charge in [-0.3, -0.25) is 4.79 Å². The number of carbonyl (C=O) groups is 1. The molecule has 0 aliphatic heterocycles. The molecule has 0 bridgehead atoms. The van der Waals surface area contributed by atoms with Crippen molar-refractivity contribution in [3.8, 4) is 0 Å². The highest BCUT2D eigenvalue weighted by Crippen LogP contribution is 2.27. The summed E-state index contributed by atoms with van der Waals surface area (Å²) in [6.07, 6.45) is 2.93. The molecule has 0 aromatic heterocycles. The van der Waals surface area contributed by atoms with Gasteiger partial charge in [-0.15, -0.1) is 0 Å². The van der Waals surface area contributed by atoms with E-state index in [1.54, 1.807) is 12.1 Å². The van der Waals surface area contributed by atoms with Gasteiger partial charge in [0, 0.05) is 12.6 Å². The summed E-state index contributed by atoms with van der Waals surface area (Å²) in [5.41, 5.74) is 1.02. The highest BCUT2D eigenvalue weighted by atomic mass is 19.1. The summed E-state index contributed by atoms with van der Waals surface area (Å²) in [5, 5.41) is 3.38. The fraction of sp³-hybridized carbons (Fsp3) is 0.533. The molecule has 0 radical (unpaired) electrons. The molecule has 3 nitrogen and oxygen atoms in total. The molecule has 0 heterocycles. The molecular formula is C15H20FNO2. The van der Waals surface area contributed by atoms with Gasteiger partial charge in [-0.1, -0.05) is 18.6 Å². The van der Waals surface area contributed by atoms with Crippen LogP contribution in [0.2, 0.25) is 0 Å². The van der Waals surface area contributed by atoms with Crippen molar-refractivity contribution < 1.29 is 13.9 Å². The van der Waals surface area contributed by atoms with Gasteiger partial charge in [0.15, 0.2) is 0 Å². The number of benzene rings is 1. The topological polar surface area (TPSA) is 38.3 Å². The van der Waals surface area contributed by atoms with Crippen LogP contribution in [0.1, 0.15) is 31.7 Å². The van der Waals surface area contributed by atoms with Gasteiger partial charge in [0.2, 0.25) is 0 Å². The van der Waals surface area contributed by atoms with E-state index >= 15 is 0 Å². The molecule has 1 aliphatic carbocycles. The molecule has 0 amide bonds. The largest absolute Gasteiger partial charge is 0.466 e. The Balaban J connectivity index is 1.87. The molecule has 1 N–H and O–H groups in total. The number of halogens is 1. The van der Waals surface area contributed by atoms with Crippen LogP contribution in [0.15, 0.2) is 24.3 Å². The molecule has 104 valence electrons. The molecule has 1 fully saturated rings. The molecule has 1 saturated carbocycles. The van der Waals surface area contributed by atoms with Crippen LogP contribution >= 0.6 is 0 Å². The van der Waals surface area contributed by atoms with Crippen molar-refractivity contribution in [2.75, 3.05) is 6.61 Å². The fourth-order valence-electron chi connectivity index (χ4n) is 2.59. The predicted molar refractivity (Wildman–Crippen MR) is 71.0 cm³/mol. The average Bonchev–Trinajstić information content (AvgIpc) is 2.87. The van der Waals surface area contributed by atoms with E-state index in [0.717, 1.165) is 24.8 Å². The van der Waals surface area contributed by atoms with E-state index in [4.69, 9.17) is 4.74 Å². The number of carbonyl (C=O) groups excluding carboxylic acids is 1. The highest BCUT2D eigenvalue weighted by Gasteiger charge is 2.33. The van der Waals surface area contributed by atoms with E-state index < -0.39 is 0 Å². The first-order valence-corrected chi connectivity index (χ1v) is 6.85. The van der Waals surface area contributed by atoms with Gasteiger partial charge in [-0.2, -0.15) is 0 Å². The minimum atomic E-state index is -0.228. The number of esters is 1. The predicted octanol–water partition coefficient (Wildman–Crippen LogP) is 2.65. The van der Waals surface area contributed by atoms with Gasteiger partial charge in [0.1, 0.15) is 5.82 Å². The van der Waals surface area contributed by atoms with Crippen molar-refractivity contribution in [3.63, 3.8) is 0 Å². The number of hydrogen-bond donors (Lipinski definition) is 1. The molecular weight excluding hydrogens is 245 g/mol. The molecule has 1 aromatic carbocycles. The lowest BCUT2D eigenvalue weighted by atomic mass is 10.0. The molecule has 0 unspecified atom stereocenters. The van der Waals surface area contributed by atoms with Crippen molar-refractivity contribution in [3.05, 3.63) is 35.6 Å². The van der Waals surface area contributed by atoms with Crippen LogP contribution < -0.4 is 5.32 Å². The Morgan fingerprint density at radius 1 is 1.37 bits per heavy atom. The number of ether oxygens (including phenoxy) is 1. The number of nitrogens with one attached hydrogen (secondary N) is 1. The van der Waals surface area contributed by atoms with E-state index in [0.29, 0.717) is 13.2 Å². The van der Waals surface area contributed by atoms with Crippen LogP contribution in [0, 0.1) is 11.7 Å². The van der Waals surface area contributed by atoms with Gasteiger partial charge in [-0.25, -0.2) is 4.39 Å². The summed E-state index contributed by atoms with van der Waals surface area (Å²) < 4.78 is 17.9. The molecule has 0 spiro atoms. The van der Waals surface area contributed by atoms with Crippen LogP contribution in [-0.2, 0) is 16.1 Å². The molecule has 2 rings (SSSR count). The normalized spacial score (nSPS) is 22.4. The smallest absolute Gasteiger partial charge is 0.310 e. The highest BCUT2D eigenvalue weighted by molar-refractivity contribution is 5.73. The molecule has 19 heavy (non-hydrogen) atoms. The molecule has 4 heteroatoms. The van der Waals surface area contributed by atoms with Gasteiger partial charge in [0.25, 0.3) is 0 Å². The van der Waals surface area contributed by atoms with Crippen molar-refractivity contribution in [2.24, 2.45) is 5.92 Å². The third-order valence-electron chi connectivity index (χ3n) is 3.59. The summed E-state index contributed by atoms with van der Waals surface area (Å²) in [5.74, 6) is -0.369. The SMILES string of the molecule is CCOC(=O)[C@H]1CCC[C@H]1NCc1ccc(F)cc1. The van der Waals surface area contributed by atoms with Crippen molar-refractivity contribution >= 4 is 5.97 Å². The number of rotatable bonds is 5. The van der Waals surface area contributed by atoms with E-state index in [-0.39, 0.29) is 23.7 Å². The maximum atomic E-state index is 12.8. The first-order valence-electron chi connectivity index (χ1n) is 6.85. The van der Waals surface area contributed by atoms with Gasteiger partial charge in [-0.05, 0) is 37.5 Å². The van der Waals surface area contributed by atoms with Crippen LogP contribution in [0.4, 0.5) is 4.39 Å². The third-order valence-corrected chi connectivity index (χ3v) is 3.59. The Labute approximate surface area is 113 Å². The van der Waals surface area contributed by atoms with Crippen LogP contribution in [0.3, 0.4) is 0 Å². The second-order valence-corrected chi connectivity index (χ2v) is 4.90.